The van der Waals surface area contributed by atoms with Gasteiger partial charge in [0.15, 0.2) is 6.79 Å². The largest absolute Gasteiger partial charge is 0.435 e. The molecule has 2 aromatic carbocycles. The highest BCUT2D eigenvalue weighted by Gasteiger charge is 2.15. The van der Waals surface area contributed by atoms with Crippen LogP contribution in [0.3, 0.4) is 0 Å². The zero-order chi connectivity index (χ0) is 23.7. The lowest BCUT2D eigenvalue weighted by Crippen LogP contribution is -2.11. The monoisotopic (exact) mass is 479 g/mol. The number of nitrogen functional groups attached to an aromatic ring is 3. The lowest BCUT2D eigenvalue weighted by atomic mass is 10.1. The van der Waals surface area contributed by atoms with Gasteiger partial charge >= 0.3 is 5.97 Å². The summed E-state index contributed by atoms with van der Waals surface area (Å²) in [5.41, 5.74) is 17.8. The summed E-state index contributed by atoms with van der Waals surface area (Å²) >= 11 is 12.5. The number of ether oxygens (including phenoxy) is 2. The van der Waals surface area contributed by atoms with Crippen molar-refractivity contribution in [3.05, 3.63) is 57.6 Å². The first-order valence-corrected chi connectivity index (χ1v) is 10.1. The molecule has 32 heavy (non-hydrogen) atoms. The van der Waals surface area contributed by atoms with Crippen molar-refractivity contribution in [3.63, 3.8) is 0 Å². The summed E-state index contributed by atoms with van der Waals surface area (Å²) in [5, 5.41) is 4.10. The van der Waals surface area contributed by atoms with E-state index in [4.69, 9.17) is 49.9 Å². The molecule has 3 aromatic rings. The number of para-hydroxylation sites is 1. The Balaban J connectivity index is 0.000000336. The Morgan fingerprint density at radius 3 is 2.19 bits per heavy atom. The van der Waals surface area contributed by atoms with Gasteiger partial charge in [0.1, 0.15) is 0 Å². The summed E-state index contributed by atoms with van der Waals surface area (Å²) < 4.78 is 10.1. The zero-order valence-corrected chi connectivity index (χ0v) is 18.9. The number of aryl methyl sites for hydroxylation is 1. The van der Waals surface area contributed by atoms with Crippen LogP contribution in [0.5, 0.6) is 0 Å². The maximum absolute atomic E-state index is 12.2. The molecule has 0 aliphatic heterocycles. The number of esters is 1. The first-order valence-electron chi connectivity index (χ1n) is 9.31. The molecule has 1 heterocycles. The van der Waals surface area contributed by atoms with Crippen molar-refractivity contribution in [3.8, 4) is 0 Å². The van der Waals surface area contributed by atoms with Crippen molar-refractivity contribution in [1.29, 1.82) is 0 Å². The van der Waals surface area contributed by atoms with Crippen molar-refractivity contribution in [2.45, 2.75) is 13.8 Å². The van der Waals surface area contributed by atoms with Gasteiger partial charge < -0.3 is 32.0 Å². The third-order valence-electron chi connectivity index (χ3n) is 3.86. The summed E-state index contributed by atoms with van der Waals surface area (Å²) in [6.45, 7) is 4.09. The van der Waals surface area contributed by atoms with E-state index < -0.39 is 5.97 Å². The van der Waals surface area contributed by atoms with Crippen LogP contribution in [0.25, 0.3) is 0 Å². The topological polar surface area (TPSA) is 164 Å². The molecule has 10 nitrogen and oxygen atoms in total. The summed E-state index contributed by atoms with van der Waals surface area (Å²) in [7, 11) is 0. The van der Waals surface area contributed by atoms with Crippen molar-refractivity contribution >= 4 is 58.4 Å². The Morgan fingerprint density at radius 1 is 1.00 bits per heavy atom. The van der Waals surface area contributed by atoms with E-state index in [0.29, 0.717) is 33.6 Å². The summed E-state index contributed by atoms with van der Waals surface area (Å²) in [5.74, 6) is -0.360. The molecular formula is C20H23Cl2N7O3. The number of carbonyl (C=O) groups is 1. The molecule has 0 aliphatic carbocycles. The smallest absolute Gasteiger partial charge is 0.342 e. The van der Waals surface area contributed by atoms with Gasteiger partial charge in [0.05, 0.1) is 27.0 Å². The minimum atomic E-state index is -0.485. The molecule has 0 spiro atoms. The Bertz CT molecular complexity index is 1030. The van der Waals surface area contributed by atoms with Gasteiger partial charge in [-0.05, 0) is 37.6 Å². The predicted molar refractivity (Wildman–Crippen MR) is 126 cm³/mol. The van der Waals surface area contributed by atoms with Gasteiger partial charge in [-0.3, -0.25) is 0 Å². The van der Waals surface area contributed by atoms with E-state index in [1.54, 1.807) is 30.3 Å². The fourth-order valence-electron chi connectivity index (χ4n) is 2.36. The van der Waals surface area contributed by atoms with Gasteiger partial charge in [-0.2, -0.15) is 15.0 Å². The SMILES string of the molecule is CCOCOC(=O)c1ccccc1Nc1c(Cl)ccc(C)c1Cl.Nc1nc(N)nc(N)n1. The van der Waals surface area contributed by atoms with Gasteiger partial charge in [0.25, 0.3) is 0 Å². The first-order chi connectivity index (χ1) is 15.2. The molecule has 0 radical (unpaired) electrons. The van der Waals surface area contributed by atoms with E-state index in [9.17, 15) is 4.79 Å². The molecule has 1 aromatic heterocycles. The second-order valence-corrected chi connectivity index (χ2v) is 6.96. The molecule has 0 saturated heterocycles. The second-order valence-electron chi connectivity index (χ2n) is 6.18. The van der Waals surface area contributed by atoms with Gasteiger partial charge in [0, 0.05) is 6.61 Å². The van der Waals surface area contributed by atoms with Crippen LogP contribution in [0, 0.1) is 6.92 Å². The van der Waals surface area contributed by atoms with E-state index in [0.717, 1.165) is 5.56 Å². The Morgan fingerprint density at radius 2 is 1.59 bits per heavy atom. The summed E-state index contributed by atoms with van der Waals surface area (Å²) in [6, 6.07) is 10.6. The molecule has 0 atom stereocenters. The van der Waals surface area contributed by atoms with Crippen molar-refractivity contribution in [2.75, 3.05) is 35.9 Å². The van der Waals surface area contributed by atoms with Crippen molar-refractivity contribution in [1.82, 2.24) is 15.0 Å². The number of aromatic nitrogens is 3. The molecule has 0 unspecified atom stereocenters. The van der Waals surface area contributed by atoms with Crippen LogP contribution >= 0.6 is 23.2 Å². The first kappa shape index (κ1) is 24.9. The molecule has 3 rings (SSSR count). The number of hydrogen-bond acceptors (Lipinski definition) is 10. The van der Waals surface area contributed by atoms with Crippen molar-refractivity contribution in [2.24, 2.45) is 0 Å². The second kappa shape index (κ2) is 11.9. The van der Waals surface area contributed by atoms with Crippen LogP contribution in [0.4, 0.5) is 29.2 Å². The fourth-order valence-corrected chi connectivity index (χ4v) is 2.82. The van der Waals surface area contributed by atoms with Crippen LogP contribution < -0.4 is 22.5 Å². The lowest BCUT2D eigenvalue weighted by molar-refractivity contribution is -0.0273. The minimum absolute atomic E-state index is 0.0417. The number of carbonyl (C=O) groups excluding carboxylic acids is 1. The Hall–Kier alpha value is -3.34. The molecule has 0 amide bonds. The van der Waals surface area contributed by atoms with E-state index in [-0.39, 0.29) is 24.6 Å². The van der Waals surface area contributed by atoms with Crippen molar-refractivity contribution < 1.29 is 14.3 Å². The minimum Gasteiger partial charge on any atom is -0.435 e. The highest BCUT2D eigenvalue weighted by molar-refractivity contribution is 6.39. The van der Waals surface area contributed by atoms with Gasteiger partial charge in [0.2, 0.25) is 17.8 Å². The number of hydrogen-bond donors (Lipinski definition) is 4. The Kier molecular flexibility index (Phi) is 9.26. The third-order valence-corrected chi connectivity index (χ3v) is 4.66. The number of halogens is 2. The fraction of sp³-hybridized carbons (Fsp3) is 0.200. The maximum Gasteiger partial charge on any atom is 0.342 e. The Labute approximate surface area is 195 Å². The standard InChI is InChI=1S/C17H17Cl2NO3.C3H6N6/c1-3-22-10-23-17(21)12-6-4-5-7-14(12)20-16-13(18)9-8-11(2)15(16)19;4-1-7-2(5)9-3(6)8-1/h4-9,20H,3,10H2,1-2H3;(H6,4,5,6,7,8,9). The average molecular weight is 480 g/mol. The number of nitrogens with one attached hydrogen (secondary N) is 1. The molecule has 7 N–H and O–H groups in total. The highest BCUT2D eigenvalue weighted by atomic mass is 35.5. The molecule has 0 aliphatic rings. The lowest BCUT2D eigenvalue weighted by Gasteiger charge is -2.15. The van der Waals surface area contributed by atoms with Gasteiger partial charge in [-0.1, -0.05) is 41.4 Å². The van der Waals surface area contributed by atoms with Crippen LogP contribution in [0.2, 0.25) is 10.0 Å². The third kappa shape index (κ3) is 7.12. The van der Waals surface area contributed by atoms with E-state index in [1.165, 1.54) is 0 Å². The summed E-state index contributed by atoms with van der Waals surface area (Å²) in [4.78, 5) is 22.6. The molecule has 0 fully saturated rings. The van der Waals surface area contributed by atoms with Gasteiger partial charge in [-0.25, -0.2) is 4.79 Å². The highest BCUT2D eigenvalue weighted by Crippen LogP contribution is 2.36. The number of nitrogens with zero attached hydrogens (tertiary/aromatic N) is 3. The maximum atomic E-state index is 12.2. The number of rotatable bonds is 6. The molecule has 12 heteroatoms. The molecular weight excluding hydrogens is 457 g/mol. The van der Waals surface area contributed by atoms with E-state index in [2.05, 4.69) is 20.3 Å². The van der Waals surface area contributed by atoms with Crippen LogP contribution in [0.15, 0.2) is 36.4 Å². The predicted octanol–water partition coefficient (Wildman–Crippen LogP) is 3.81. The van der Waals surface area contributed by atoms with E-state index >= 15 is 0 Å². The summed E-state index contributed by atoms with van der Waals surface area (Å²) in [6.07, 6.45) is 0. The van der Waals surface area contributed by atoms with Crippen LogP contribution in [-0.4, -0.2) is 34.3 Å². The molecule has 0 bridgehead atoms. The number of nitrogens with two attached hydrogens (primary N) is 3. The normalized spacial score (nSPS) is 10.1. The number of anilines is 5. The number of benzene rings is 2. The zero-order valence-electron chi connectivity index (χ0n) is 17.4. The van der Waals surface area contributed by atoms with Gasteiger partial charge in [-0.15, -0.1) is 0 Å². The van der Waals surface area contributed by atoms with E-state index in [1.807, 2.05) is 19.9 Å². The average Bonchev–Trinajstić information content (AvgIpc) is 2.74. The van der Waals surface area contributed by atoms with Crippen LogP contribution in [-0.2, 0) is 9.47 Å². The van der Waals surface area contributed by atoms with Crippen LogP contribution in [0.1, 0.15) is 22.8 Å². The molecule has 0 saturated carbocycles. The molecule has 170 valence electrons. The quantitative estimate of drug-likeness (QED) is 0.232.